The van der Waals surface area contributed by atoms with Gasteiger partial charge in [0.05, 0.1) is 5.54 Å². The molecule has 16 heavy (non-hydrogen) atoms. The molecule has 1 unspecified atom stereocenters. The molecule has 1 amide bonds. The maximum Gasteiger partial charge on any atom is 0.240 e. The second-order valence-corrected chi connectivity index (χ2v) is 5.45. The molecule has 4 N–H and O–H groups in total. The quantitative estimate of drug-likeness (QED) is 0.641. The molecule has 2 aliphatic rings. The molecular formula is C12H23N3O. The van der Waals surface area contributed by atoms with Crippen LogP contribution in [0.2, 0.25) is 0 Å². The summed E-state index contributed by atoms with van der Waals surface area (Å²) in [6.07, 6.45) is 6.18. The Morgan fingerprint density at radius 3 is 2.62 bits per heavy atom. The Morgan fingerprint density at radius 2 is 2.06 bits per heavy atom. The predicted molar refractivity (Wildman–Crippen MR) is 64.0 cm³/mol. The molecule has 2 fully saturated rings. The van der Waals surface area contributed by atoms with Crippen molar-refractivity contribution in [3.05, 3.63) is 0 Å². The van der Waals surface area contributed by atoms with Gasteiger partial charge in [-0.25, -0.2) is 0 Å². The summed E-state index contributed by atoms with van der Waals surface area (Å²) in [5.74, 6) is 0.172. The molecule has 2 rings (SSSR count). The van der Waals surface area contributed by atoms with Crippen molar-refractivity contribution >= 4 is 5.91 Å². The lowest BCUT2D eigenvalue weighted by Gasteiger charge is -2.31. The normalized spacial score (nSPS) is 39.6. The molecule has 0 aromatic carbocycles. The highest BCUT2D eigenvalue weighted by Crippen LogP contribution is 2.21. The Bertz CT molecular complexity index is 253. The highest BCUT2D eigenvalue weighted by atomic mass is 16.2. The summed E-state index contributed by atoms with van der Waals surface area (Å²) in [5.41, 5.74) is 5.52. The van der Waals surface area contributed by atoms with Gasteiger partial charge in [-0.05, 0) is 52.0 Å². The first-order valence-electron chi connectivity index (χ1n) is 6.42. The molecule has 1 heterocycles. The van der Waals surface area contributed by atoms with Gasteiger partial charge >= 0.3 is 0 Å². The minimum Gasteiger partial charge on any atom is -0.352 e. The number of nitrogens with two attached hydrogens (primary N) is 1. The average molecular weight is 225 g/mol. The summed E-state index contributed by atoms with van der Waals surface area (Å²) < 4.78 is 0. The van der Waals surface area contributed by atoms with Crippen molar-refractivity contribution in [1.82, 2.24) is 10.6 Å². The topological polar surface area (TPSA) is 67.2 Å². The first kappa shape index (κ1) is 11.9. The fourth-order valence-electron chi connectivity index (χ4n) is 2.70. The lowest BCUT2D eigenvalue weighted by molar-refractivity contribution is -0.127. The van der Waals surface area contributed by atoms with Crippen LogP contribution in [-0.4, -0.2) is 30.1 Å². The molecular weight excluding hydrogens is 202 g/mol. The van der Waals surface area contributed by atoms with Gasteiger partial charge < -0.3 is 16.4 Å². The highest BCUT2D eigenvalue weighted by Gasteiger charge is 2.37. The Hall–Kier alpha value is -0.610. The van der Waals surface area contributed by atoms with Crippen molar-refractivity contribution in [2.24, 2.45) is 5.73 Å². The zero-order valence-corrected chi connectivity index (χ0v) is 10.1. The Kier molecular flexibility index (Phi) is 3.50. The Balaban J connectivity index is 1.83. The zero-order valence-electron chi connectivity index (χ0n) is 10.1. The van der Waals surface area contributed by atoms with Crippen LogP contribution in [-0.2, 0) is 4.79 Å². The second kappa shape index (κ2) is 4.72. The van der Waals surface area contributed by atoms with E-state index in [2.05, 4.69) is 10.6 Å². The summed E-state index contributed by atoms with van der Waals surface area (Å²) in [6.45, 7) is 2.96. The first-order valence-corrected chi connectivity index (χ1v) is 6.42. The predicted octanol–water partition coefficient (Wildman–Crippen LogP) is 0.515. The summed E-state index contributed by atoms with van der Waals surface area (Å²) >= 11 is 0. The number of hydrogen-bond acceptors (Lipinski definition) is 3. The van der Waals surface area contributed by atoms with E-state index in [0.29, 0.717) is 12.1 Å². The van der Waals surface area contributed by atoms with Crippen molar-refractivity contribution in [3.8, 4) is 0 Å². The second-order valence-electron chi connectivity index (χ2n) is 5.45. The molecule has 1 saturated heterocycles. The van der Waals surface area contributed by atoms with E-state index < -0.39 is 0 Å². The fraction of sp³-hybridized carbons (Fsp3) is 0.917. The SMILES string of the molecule is CC1(C(=O)NC2CCC(N)CC2)CCCN1. The molecule has 92 valence electrons. The number of rotatable bonds is 2. The third kappa shape index (κ3) is 2.55. The summed E-state index contributed by atoms with van der Waals surface area (Å²) in [4.78, 5) is 12.1. The molecule has 1 atom stereocenters. The van der Waals surface area contributed by atoms with Crippen LogP contribution in [0.5, 0.6) is 0 Å². The van der Waals surface area contributed by atoms with Crippen LogP contribution in [0.15, 0.2) is 0 Å². The highest BCUT2D eigenvalue weighted by molar-refractivity contribution is 5.86. The molecule has 1 aliphatic carbocycles. The molecule has 4 heteroatoms. The van der Waals surface area contributed by atoms with E-state index in [1.165, 1.54) is 0 Å². The molecule has 0 aromatic rings. The summed E-state index contributed by atoms with van der Waals surface area (Å²) in [7, 11) is 0. The largest absolute Gasteiger partial charge is 0.352 e. The standard InChI is InChI=1S/C12H23N3O/c1-12(7-2-8-14-12)11(16)15-10-5-3-9(13)4-6-10/h9-10,14H,2-8,13H2,1H3,(H,15,16). The van der Waals surface area contributed by atoms with Gasteiger partial charge in [0.1, 0.15) is 0 Å². The third-order valence-electron chi connectivity index (χ3n) is 3.98. The molecule has 4 nitrogen and oxygen atoms in total. The van der Waals surface area contributed by atoms with Gasteiger partial charge in [-0.3, -0.25) is 4.79 Å². The molecule has 0 radical (unpaired) electrons. The lowest BCUT2D eigenvalue weighted by Crippen LogP contribution is -2.54. The van der Waals surface area contributed by atoms with E-state index in [4.69, 9.17) is 5.73 Å². The zero-order chi connectivity index (χ0) is 11.6. The Morgan fingerprint density at radius 1 is 1.38 bits per heavy atom. The monoisotopic (exact) mass is 225 g/mol. The van der Waals surface area contributed by atoms with Crippen molar-refractivity contribution in [2.45, 2.75) is 63.1 Å². The van der Waals surface area contributed by atoms with E-state index in [1.54, 1.807) is 0 Å². The number of carbonyl (C=O) groups excluding carboxylic acids is 1. The van der Waals surface area contributed by atoms with Crippen molar-refractivity contribution < 1.29 is 4.79 Å². The smallest absolute Gasteiger partial charge is 0.240 e. The minimum atomic E-state index is -0.334. The van der Waals surface area contributed by atoms with E-state index in [9.17, 15) is 4.79 Å². The van der Waals surface area contributed by atoms with Crippen LogP contribution in [0.3, 0.4) is 0 Å². The van der Waals surface area contributed by atoms with Crippen LogP contribution < -0.4 is 16.4 Å². The van der Waals surface area contributed by atoms with E-state index in [1.807, 2.05) is 6.92 Å². The molecule has 0 aromatic heterocycles. The van der Waals surface area contributed by atoms with Crippen LogP contribution in [0.25, 0.3) is 0 Å². The van der Waals surface area contributed by atoms with Crippen LogP contribution >= 0.6 is 0 Å². The van der Waals surface area contributed by atoms with Crippen molar-refractivity contribution in [3.63, 3.8) is 0 Å². The average Bonchev–Trinajstić information content (AvgIpc) is 2.70. The number of nitrogens with one attached hydrogen (secondary N) is 2. The number of amides is 1. The van der Waals surface area contributed by atoms with E-state index in [0.717, 1.165) is 45.1 Å². The van der Waals surface area contributed by atoms with Crippen molar-refractivity contribution in [1.29, 1.82) is 0 Å². The minimum absolute atomic E-state index is 0.172. The molecule has 0 bridgehead atoms. The van der Waals surface area contributed by atoms with Gasteiger partial charge in [-0.2, -0.15) is 0 Å². The van der Waals surface area contributed by atoms with Crippen LogP contribution in [0, 0.1) is 0 Å². The summed E-state index contributed by atoms with van der Waals surface area (Å²) in [5, 5.41) is 6.46. The van der Waals surface area contributed by atoms with E-state index in [-0.39, 0.29) is 11.4 Å². The molecule has 0 spiro atoms. The fourth-order valence-corrected chi connectivity index (χ4v) is 2.70. The number of carbonyl (C=O) groups is 1. The van der Waals surface area contributed by atoms with Crippen LogP contribution in [0.1, 0.15) is 45.4 Å². The van der Waals surface area contributed by atoms with Gasteiger partial charge in [0.25, 0.3) is 0 Å². The third-order valence-corrected chi connectivity index (χ3v) is 3.98. The maximum atomic E-state index is 12.1. The van der Waals surface area contributed by atoms with Gasteiger partial charge in [0.15, 0.2) is 0 Å². The molecule has 1 aliphatic heterocycles. The van der Waals surface area contributed by atoms with Gasteiger partial charge in [0.2, 0.25) is 5.91 Å². The summed E-state index contributed by atoms with van der Waals surface area (Å²) in [6, 6.07) is 0.680. The number of hydrogen-bond donors (Lipinski definition) is 3. The van der Waals surface area contributed by atoms with Crippen LogP contribution in [0.4, 0.5) is 0 Å². The molecule has 1 saturated carbocycles. The van der Waals surface area contributed by atoms with Gasteiger partial charge in [-0.15, -0.1) is 0 Å². The maximum absolute atomic E-state index is 12.1. The van der Waals surface area contributed by atoms with Gasteiger partial charge in [0, 0.05) is 12.1 Å². The van der Waals surface area contributed by atoms with E-state index >= 15 is 0 Å². The first-order chi connectivity index (χ1) is 7.60. The van der Waals surface area contributed by atoms with Gasteiger partial charge in [-0.1, -0.05) is 0 Å². The van der Waals surface area contributed by atoms with Crippen molar-refractivity contribution in [2.75, 3.05) is 6.54 Å². The lowest BCUT2D eigenvalue weighted by atomic mass is 9.90. The Labute approximate surface area is 97.3 Å².